The van der Waals surface area contributed by atoms with E-state index in [-0.39, 0.29) is 19.3 Å². The summed E-state index contributed by atoms with van der Waals surface area (Å²) in [6.45, 7) is -3.19. The first-order valence-corrected chi connectivity index (χ1v) is 36.3. The van der Waals surface area contributed by atoms with Gasteiger partial charge < -0.3 is 169 Å². The lowest BCUT2D eigenvalue weighted by Gasteiger charge is -2.57. The Bertz CT molecular complexity index is 2370. The van der Waals surface area contributed by atoms with Crippen LogP contribution in [0.5, 0.6) is 0 Å². The van der Waals surface area contributed by atoms with Crippen LogP contribution in [-0.2, 0) is 66.4 Å². The zero-order valence-electron chi connectivity index (χ0n) is 58.1. The molecular formula is C66H118O36. The zero-order valence-corrected chi connectivity index (χ0v) is 58.1. The van der Waals surface area contributed by atoms with Crippen molar-refractivity contribution in [1.29, 1.82) is 0 Å². The van der Waals surface area contributed by atoms with Gasteiger partial charge in [0.15, 0.2) is 31.3 Å². The van der Waals surface area contributed by atoms with Gasteiger partial charge in [-0.15, -0.1) is 0 Å². The van der Waals surface area contributed by atoms with Crippen molar-refractivity contribution in [3.63, 3.8) is 0 Å². The molecule has 0 saturated carbocycles. The molecular weight excluding hydrogens is 1370 g/mol. The molecule has 102 heavy (non-hydrogen) atoms. The number of hydrogen-bond acceptors (Lipinski definition) is 36. The highest BCUT2D eigenvalue weighted by Crippen LogP contribution is 2.50. The predicted molar refractivity (Wildman–Crippen MR) is 342 cm³/mol. The Labute approximate surface area is 592 Å². The van der Waals surface area contributed by atoms with Crippen LogP contribution in [0.15, 0.2) is 0 Å². The van der Waals surface area contributed by atoms with Gasteiger partial charge in [0.25, 0.3) is 11.4 Å². The summed E-state index contributed by atoms with van der Waals surface area (Å²) in [5.41, 5.74) is -3.75. The van der Waals surface area contributed by atoms with Crippen LogP contribution in [0.2, 0.25) is 0 Å². The normalized spacial score (nSPS) is 41.1. The molecule has 598 valence electrons. The Kier molecular flexibility index (Phi) is 37.0. The Morgan fingerprint density at radius 2 is 0.696 bits per heavy atom. The molecule has 0 aromatic heterocycles. The molecule has 5 unspecified atom stereocenters. The SMILES string of the molecule is CCCCCCCCCCCCCCC(OC(=O)CCCCCCCCCCCCC)(C(=O)OC1(O[C@H]2[C@H](O)[C@@H](O)C(O[C@H]3[C@H](O)[C@@H](O)[C@@H](O)O[C@@H]3CO)O[C@@H]2CO)O[C@H](CO)[C@@H](O)[C@H](O)[C@H]1O)C1(O[C@H]2[C@H](O)[C@@H](O)C(O[C@H]3[C@H](O)[C@@H](O)[C@@H](O)O[C@@H]3CO)O[C@@H]2CO)O[C@H](CO)[C@@H](O)[C@H](O)[C@H]1O. The summed E-state index contributed by atoms with van der Waals surface area (Å²) in [5.74, 6) is -11.4. The summed E-state index contributed by atoms with van der Waals surface area (Å²) in [7, 11) is 0. The maximum atomic E-state index is 16.8. The molecule has 0 amide bonds. The first-order chi connectivity index (χ1) is 48.7. The van der Waals surface area contributed by atoms with Crippen molar-refractivity contribution in [2.75, 3.05) is 39.6 Å². The fourth-order valence-electron chi connectivity index (χ4n) is 14.0. The van der Waals surface area contributed by atoms with Crippen LogP contribution in [0.4, 0.5) is 0 Å². The molecule has 0 radical (unpaired) electrons. The van der Waals surface area contributed by atoms with Crippen LogP contribution in [0, 0.1) is 0 Å². The van der Waals surface area contributed by atoms with Gasteiger partial charge in [0.2, 0.25) is 0 Å². The fraction of sp³-hybridized carbons (Fsp3) is 0.970. The molecule has 6 rings (SSSR count). The number of esters is 2. The molecule has 6 aliphatic rings. The molecule has 36 heteroatoms. The molecule has 0 aromatic rings. The van der Waals surface area contributed by atoms with E-state index in [0.717, 1.165) is 96.3 Å². The van der Waals surface area contributed by atoms with E-state index in [0.29, 0.717) is 32.1 Å². The highest BCUT2D eigenvalue weighted by molar-refractivity contribution is 5.85. The Morgan fingerprint density at radius 1 is 0.353 bits per heavy atom. The van der Waals surface area contributed by atoms with Gasteiger partial charge in [-0.1, -0.05) is 149 Å². The lowest BCUT2D eigenvalue weighted by molar-refractivity contribution is -0.480. The molecule has 6 fully saturated rings. The van der Waals surface area contributed by atoms with E-state index in [9.17, 15) is 112 Å². The highest BCUT2D eigenvalue weighted by atomic mass is 16.9. The smallest absolute Gasteiger partial charge is 0.360 e. The van der Waals surface area contributed by atoms with Crippen molar-refractivity contribution in [2.24, 2.45) is 0 Å². The van der Waals surface area contributed by atoms with E-state index in [1.165, 1.54) is 0 Å². The molecule has 6 heterocycles. The van der Waals surface area contributed by atoms with Gasteiger partial charge >= 0.3 is 17.9 Å². The van der Waals surface area contributed by atoms with Gasteiger partial charge in [0.1, 0.15) is 140 Å². The Hall–Kier alpha value is -2.34. The van der Waals surface area contributed by atoms with E-state index >= 15 is 9.59 Å². The van der Waals surface area contributed by atoms with Crippen LogP contribution >= 0.6 is 0 Å². The van der Waals surface area contributed by atoms with Crippen LogP contribution in [0.1, 0.15) is 174 Å². The van der Waals surface area contributed by atoms with Gasteiger partial charge in [0.05, 0.1) is 39.6 Å². The monoisotopic (exact) mass is 1490 g/mol. The average Bonchev–Trinajstić information content (AvgIpc) is 0.705. The van der Waals surface area contributed by atoms with Gasteiger partial charge in [0, 0.05) is 12.8 Å². The third kappa shape index (κ3) is 21.4. The number of rotatable bonds is 43. The fourth-order valence-corrected chi connectivity index (χ4v) is 14.0. The molecule has 31 atom stereocenters. The van der Waals surface area contributed by atoms with Crippen LogP contribution in [0.3, 0.4) is 0 Å². The molecule has 6 aliphatic heterocycles. The summed E-state index contributed by atoms with van der Waals surface area (Å²) in [5, 5.41) is 247. The topological polar surface area (TPSA) is 590 Å². The van der Waals surface area contributed by atoms with Crippen molar-refractivity contribution in [3.05, 3.63) is 0 Å². The van der Waals surface area contributed by atoms with E-state index in [1.807, 2.05) is 0 Å². The highest BCUT2D eigenvalue weighted by Gasteiger charge is 2.75. The van der Waals surface area contributed by atoms with Crippen molar-refractivity contribution in [2.45, 2.75) is 363 Å². The molecule has 0 aliphatic carbocycles. The molecule has 36 nitrogen and oxygen atoms in total. The number of carbonyl (C=O) groups is 2. The maximum Gasteiger partial charge on any atom is 0.360 e. The number of hydrogen-bond donors (Lipinski definition) is 22. The number of aliphatic hydroxyl groups is 22. The van der Waals surface area contributed by atoms with Crippen LogP contribution < -0.4 is 0 Å². The van der Waals surface area contributed by atoms with Crippen LogP contribution in [0.25, 0.3) is 0 Å². The third-order valence-electron chi connectivity index (χ3n) is 20.2. The number of ether oxygens (including phenoxy) is 12. The zero-order chi connectivity index (χ0) is 75.2. The van der Waals surface area contributed by atoms with Gasteiger partial charge in [-0.3, -0.25) is 4.79 Å². The summed E-state index contributed by atoms with van der Waals surface area (Å²) in [4.78, 5) is 31.9. The predicted octanol–water partition coefficient (Wildman–Crippen LogP) is -5.82. The van der Waals surface area contributed by atoms with E-state index < -0.39 is 253 Å². The first-order valence-electron chi connectivity index (χ1n) is 36.3. The lowest BCUT2D eigenvalue weighted by atomic mass is 9.77. The first kappa shape index (κ1) is 88.6. The Balaban J connectivity index is 1.51. The maximum absolute atomic E-state index is 16.8. The van der Waals surface area contributed by atoms with Gasteiger partial charge in [-0.2, -0.15) is 0 Å². The molecule has 0 spiro atoms. The minimum Gasteiger partial charge on any atom is -0.441 e. The van der Waals surface area contributed by atoms with Crippen molar-refractivity contribution in [3.8, 4) is 0 Å². The van der Waals surface area contributed by atoms with Gasteiger partial charge in [-0.25, -0.2) is 4.79 Å². The Morgan fingerprint density at radius 3 is 1.10 bits per heavy atom. The van der Waals surface area contributed by atoms with E-state index in [2.05, 4.69) is 13.8 Å². The summed E-state index contributed by atoms with van der Waals surface area (Å²) < 4.78 is 70.8. The van der Waals surface area contributed by atoms with Crippen molar-refractivity contribution in [1.82, 2.24) is 0 Å². The second-order valence-corrected chi connectivity index (χ2v) is 27.7. The minimum atomic E-state index is -3.95. The van der Waals surface area contributed by atoms with Gasteiger partial charge in [-0.05, 0) is 12.8 Å². The minimum absolute atomic E-state index is 0.0162. The summed E-state index contributed by atoms with van der Waals surface area (Å²) in [6, 6.07) is 0. The largest absolute Gasteiger partial charge is 0.441 e. The van der Waals surface area contributed by atoms with E-state index in [4.69, 9.17) is 56.8 Å². The average molecular weight is 1490 g/mol. The van der Waals surface area contributed by atoms with E-state index in [1.54, 1.807) is 0 Å². The van der Waals surface area contributed by atoms with Crippen molar-refractivity contribution < 1.29 is 179 Å². The standard InChI is InChI=1S/C66H118O36/c1-3-5-7-9-11-13-15-17-19-21-23-25-27-64(99-40(73)26-24-22-20-18-16-14-12-10-8-6-4-2,65(57(86)47(80)41(74)34(28-67)97-65)100-55-38(32-71)93-61(51(84)45(55)78)95-53-36(30-69)91-59(88)49(82)43(53)76)63(90)102-66(58(87)48(81)42(75)35(29-68)98-66)101-56-39(33-72)94-62(52(85)46(56)79)96-54-37(31-70)92-60(89)50(83)44(54)77/h34-39,41-62,67-72,74-89H,3-33H2,1-2H3/t34-,35-,36-,37-,38-,39-,41-,42-,43-,44-,45-,46-,47+,48+,49-,50-,51-,52-,53-,54-,55-,56-,57-,58-,59+,60+,61?,62?,64?,65?,66?/m1/s1. The van der Waals surface area contributed by atoms with Crippen LogP contribution in [-0.4, -0.2) is 353 Å². The lowest BCUT2D eigenvalue weighted by Crippen LogP contribution is -2.80. The second-order valence-electron chi connectivity index (χ2n) is 27.7. The number of unbranched alkanes of at least 4 members (excludes halogenated alkanes) is 21. The molecule has 6 saturated heterocycles. The number of aliphatic hydroxyl groups excluding tert-OH is 22. The summed E-state index contributed by atoms with van der Waals surface area (Å²) in [6.07, 6.45) is -48.8. The molecule has 0 aromatic carbocycles. The quantitative estimate of drug-likeness (QED) is 0.0154. The van der Waals surface area contributed by atoms with Crippen molar-refractivity contribution >= 4 is 11.9 Å². The molecule has 0 bridgehead atoms. The second kappa shape index (κ2) is 42.6. The third-order valence-corrected chi connectivity index (χ3v) is 20.2. The number of carbonyl (C=O) groups excluding carboxylic acids is 2. The summed E-state index contributed by atoms with van der Waals surface area (Å²) >= 11 is 0. The molecule has 22 N–H and O–H groups in total.